The van der Waals surface area contributed by atoms with Crippen LogP contribution in [0.2, 0.25) is 5.02 Å². The fourth-order valence-corrected chi connectivity index (χ4v) is 1.46. The molecule has 0 radical (unpaired) electrons. The van der Waals surface area contributed by atoms with Gasteiger partial charge in [0, 0.05) is 23.2 Å². The molecule has 0 unspecified atom stereocenters. The highest BCUT2D eigenvalue weighted by atomic mass is 35.5. The zero-order valence-corrected chi connectivity index (χ0v) is 9.10. The molecule has 1 rings (SSSR count). The van der Waals surface area contributed by atoms with Crippen LogP contribution in [-0.4, -0.2) is 13.7 Å². The first-order valence-corrected chi connectivity index (χ1v) is 4.80. The van der Waals surface area contributed by atoms with Gasteiger partial charge in [0.15, 0.2) is 11.5 Å². The molecule has 0 amide bonds. The molecule has 0 bridgehead atoms. The molecule has 0 aliphatic rings. The molecular formula is C10H14ClNO2. The molecule has 0 saturated heterocycles. The predicted octanol–water partition coefficient (Wildman–Crippen LogP) is 2.21. The molecule has 4 heteroatoms. The summed E-state index contributed by atoms with van der Waals surface area (Å²) in [5.41, 5.74) is 6.44. The highest BCUT2D eigenvalue weighted by Gasteiger charge is 2.10. The van der Waals surface area contributed by atoms with Crippen LogP contribution in [0.5, 0.6) is 11.5 Å². The molecule has 0 fully saturated rings. The Morgan fingerprint density at radius 1 is 1.43 bits per heavy atom. The molecule has 78 valence electrons. The van der Waals surface area contributed by atoms with Crippen molar-refractivity contribution in [3.8, 4) is 11.5 Å². The van der Waals surface area contributed by atoms with Crippen LogP contribution in [0.3, 0.4) is 0 Å². The quantitative estimate of drug-likeness (QED) is 0.838. The molecular weight excluding hydrogens is 202 g/mol. The normalized spacial score (nSPS) is 10.0. The van der Waals surface area contributed by atoms with Gasteiger partial charge < -0.3 is 15.2 Å². The van der Waals surface area contributed by atoms with Gasteiger partial charge in [0.25, 0.3) is 0 Å². The Balaban J connectivity index is 3.18. The number of halogens is 1. The Labute approximate surface area is 88.8 Å². The lowest BCUT2D eigenvalue weighted by molar-refractivity contribution is 0.307. The van der Waals surface area contributed by atoms with Gasteiger partial charge in [0.1, 0.15) is 0 Å². The second-order valence-corrected chi connectivity index (χ2v) is 3.17. The van der Waals surface area contributed by atoms with Gasteiger partial charge in [-0.3, -0.25) is 0 Å². The third-order valence-electron chi connectivity index (χ3n) is 1.83. The van der Waals surface area contributed by atoms with Crippen LogP contribution in [0.15, 0.2) is 12.1 Å². The van der Waals surface area contributed by atoms with Crippen molar-refractivity contribution in [3.63, 3.8) is 0 Å². The predicted molar refractivity (Wildman–Crippen MR) is 57.1 cm³/mol. The Bertz CT molecular complexity index is 290. The van der Waals surface area contributed by atoms with Gasteiger partial charge in [0.2, 0.25) is 0 Å². The van der Waals surface area contributed by atoms with E-state index < -0.39 is 0 Å². The van der Waals surface area contributed by atoms with Crippen LogP contribution in [0.25, 0.3) is 0 Å². The summed E-state index contributed by atoms with van der Waals surface area (Å²) in [7, 11) is 1.58. The number of hydrogen-bond acceptors (Lipinski definition) is 3. The molecule has 0 aromatic heterocycles. The first-order chi connectivity index (χ1) is 6.72. The topological polar surface area (TPSA) is 44.5 Å². The van der Waals surface area contributed by atoms with Gasteiger partial charge in [-0.1, -0.05) is 11.6 Å². The average Bonchev–Trinajstić information content (AvgIpc) is 2.20. The van der Waals surface area contributed by atoms with Gasteiger partial charge in [-0.15, -0.1) is 0 Å². The molecule has 0 heterocycles. The van der Waals surface area contributed by atoms with Crippen molar-refractivity contribution in [1.29, 1.82) is 0 Å². The molecule has 0 atom stereocenters. The maximum absolute atomic E-state index is 5.89. The summed E-state index contributed by atoms with van der Waals surface area (Å²) in [5, 5.41) is 0.603. The minimum Gasteiger partial charge on any atom is -0.493 e. The van der Waals surface area contributed by atoms with Gasteiger partial charge in [-0.2, -0.15) is 0 Å². The van der Waals surface area contributed by atoms with Crippen molar-refractivity contribution < 1.29 is 9.47 Å². The van der Waals surface area contributed by atoms with Crippen LogP contribution in [0.1, 0.15) is 12.5 Å². The second kappa shape index (κ2) is 5.08. The third-order valence-corrected chi connectivity index (χ3v) is 2.04. The van der Waals surface area contributed by atoms with E-state index in [0.29, 0.717) is 29.7 Å². The fourth-order valence-electron chi connectivity index (χ4n) is 1.23. The fraction of sp³-hybridized carbons (Fsp3) is 0.400. The van der Waals surface area contributed by atoms with Crippen LogP contribution < -0.4 is 15.2 Å². The van der Waals surface area contributed by atoms with Crippen LogP contribution in [0.4, 0.5) is 0 Å². The van der Waals surface area contributed by atoms with Crippen molar-refractivity contribution in [1.82, 2.24) is 0 Å². The Hall–Kier alpha value is -0.930. The Kier molecular flexibility index (Phi) is 4.04. The molecule has 0 aliphatic carbocycles. The van der Waals surface area contributed by atoms with E-state index in [4.69, 9.17) is 26.8 Å². The molecule has 14 heavy (non-hydrogen) atoms. The summed E-state index contributed by atoms with van der Waals surface area (Å²) in [6.45, 7) is 2.87. The van der Waals surface area contributed by atoms with Crippen LogP contribution in [0, 0.1) is 0 Å². The van der Waals surface area contributed by atoms with Crippen LogP contribution in [-0.2, 0) is 6.54 Å². The van der Waals surface area contributed by atoms with Gasteiger partial charge in [-0.05, 0) is 13.0 Å². The molecule has 1 aromatic rings. The maximum atomic E-state index is 5.89. The lowest BCUT2D eigenvalue weighted by Gasteiger charge is -2.13. The van der Waals surface area contributed by atoms with E-state index in [1.165, 1.54) is 0 Å². The van der Waals surface area contributed by atoms with Crippen LogP contribution >= 0.6 is 11.6 Å². The summed E-state index contributed by atoms with van der Waals surface area (Å²) >= 11 is 5.89. The number of nitrogens with two attached hydrogens (primary N) is 1. The Morgan fingerprint density at radius 2 is 2.14 bits per heavy atom. The monoisotopic (exact) mass is 215 g/mol. The highest BCUT2D eigenvalue weighted by Crippen LogP contribution is 2.34. The molecule has 0 aliphatic heterocycles. The van der Waals surface area contributed by atoms with E-state index in [1.807, 2.05) is 6.92 Å². The summed E-state index contributed by atoms with van der Waals surface area (Å²) in [6, 6.07) is 3.50. The van der Waals surface area contributed by atoms with Crippen molar-refractivity contribution in [2.24, 2.45) is 5.73 Å². The lowest BCUT2D eigenvalue weighted by Crippen LogP contribution is -2.04. The molecule has 0 spiro atoms. The first kappa shape index (κ1) is 11.1. The van der Waals surface area contributed by atoms with E-state index >= 15 is 0 Å². The van der Waals surface area contributed by atoms with Crippen molar-refractivity contribution in [2.75, 3.05) is 13.7 Å². The van der Waals surface area contributed by atoms with Gasteiger partial charge in [-0.25, -0.2) is 0 Å². The SMILES string of the molecule is CCOc1c(CN)cc(Cl)cc1OC. The zero-order valence-electron chi connectivity index (χ0n) is 8.34. The number of ether oxygens (including phenoxy) is 2. The molecule has 3 nitrogen and oxygen atoms in total. The van der Waals surface area contributed by atoms with Crippen molar-refractivity contribution in [3.05, 3.63) is 22.7 Å². The number of hydrogen-bond donors (Lipinski definition) is 1. The number of rotatable bonds is 4. The molecule has 2 N–H and O–H groups in total. The summed E-state index contributed by atoms with van der Waals surface area (Å²) in [4.78, 5) is 0. The van der Waals surface area contributed by atoms with E-state index in [2.05, 4.69) is 0 Å². The summed E-state index contributed by atoms with van der Waals surface area (Å²) in [6.07, 6.45) is 0. The lowest BCUT2D eigenvalue weighted by atomic mass is 10.2. The Morgan fingerprint density at radius 3 is 2.64 bits per heavy atom. The second-order valence-electron chi connectivity index (χ2n) is 2.73. The standard InChI is InChI=1S/C10H14ClNO2/c1-3-14-10-7(6-12)4-8(11)5-9(10)13-2/h4-5H,3,6,12H2,1-2H3. The van der Waals surface area contributed by atoms with Gasteiger partial charge in [0.05, 0.1) is 13.7 Å². The summed E-state index contributed by atoms with van der Waals surface area (Å²) in [5.74, 6) is 1.31. The number of benzene rings is 1. The van der Waals surface area contributed by atoms with Gasteiger partial charge >= 0.3 is 0 Å². The van der Waals surface area contributed by atoms with E-state index in [-0.39, 0.29) is 0 Å². The largest absolute Gasteiger partial charge is 0.493 e. The zero-order chi connectivity index (χ0) is 10.6. The van der Waals surface area contributed by atoms with Crippen molar-refractivity contribution >= 4 is 11.6 Å². The number of methoxy groups -OCH3 is 1. The molecule has 0 saturated carbocycles. The van der Waals surface area contributed by atoms with Crippen molar-refractivity contribution in [2.45, 2.75) is 13.5 Å². The maximum Gasteiger partial charge on any atom is 0.165 e. The third kappa shape index (κ3) is 2.30. The highest BCUT2D eigenvalue weighted by molar-refractivity contribution is 6.30. The van der Waals surface area contributed by atoms with E-state index in [9.17, 15) is 0 Å². The average molecular weight is 216 g/mol. The summed E-state index contributed by atoms with van der Waals surface area (Å²) < 4.78 is 10.6. The first-order valence-electron chi connectivity index (χ1n) is 4.42. The van der Waals surface area contributed by atoms with E-state index in [0.717, 1.165) is 5.56 Å². The smallest absolute Gasteiger partial charge is 0.165 e. The molecule has 1 aromatic carbocycles. The minimum atomic E-state index is 0.381. The van der Waals surface area contributed by atoms with E-state index in [1.54, 1.807) is 19.2 Å². The minimum absolute atomic E-state index is 0.381.